The summed E-state index contributed by atoms with van der Waals surface area (Å²) in [7, 11) is 0. The number of fused-ring (bicyclic) bond motifs is 2. The van der Waals surface area contributed by atoms with Crippen LogP contribution in [0.25, 0.3) is 55.7 Å². The third-order valence-electron chi connectivity index (χ3n) is 6.94. The highest BCUT2D eigenvalue weighted by atomic mass is 16.6. The highest BCUT2D eigenvalue weighted by molar-refractivity contribution is 6.12. The van der Waals surface area contributed by atoms with Gasteiger partial charge in [0.1, 0.15) is 16.9 Å². The summed E-state index contributed by atoms with van der Waals surface area (Å²) in [4.78, 5) is 14.1. The lowest BCUT2D eigenvalue weighted by Gasteiger charge is -2.25. The fourth-order valence-electron chi connectivity index (χ4n) is 5.22. The van der Waals surface area contributed by atoms with E-state index in [1.807, 2.05) is 106 Å². The number of ether oxygens (including phenoxy) is 1. The molecular weight excluding hydrogens is 508 g/mol. The average Bonchev–Trinajstić information content (AvgIpc) is 2.95. The largest absolute Gasteiger partial charge is 0.456 e. The van der Waals surface area contributed by atoms with Crippen LogP contribution in [0.2, 0.25) is 0 Å². The highest BCUT2D eigenvalue weighted by Crippen LogP contribution is 2.47. The van der Waals surface area contributed by atoms with Crippen molar-refractivity contribution < 1.29 is 13.9 Å². The van der Waals surface area contributed by atoms with Crippen molar-refractivity contribution in [3.8, 4) is 44.7 Å². The third kappa shape index (κ3) is 5.10. The van der Waals surface area contributed by atoms with Crippen LogP contribution in [0, 0.1) is 5.41 Å². The van der Waals surface area contributed by atoms with Crippen molar-refractivity contribution in [1.82, 2.24) is 0 Å². The molecule has 3 N–H and O–H groups in total. The second-order valence-corrected chi connectivity index (χ2v) is 11.1. The molecule has 0 saturated heterocycles. The Morgan fingerprint density at radius 1 is 0.732 bits per heavy atom. The molecule has 0 atom stereocenters. The Kier molecular flexibility index (Phi) is 6.43. The number of esters is 1. The van der Waals surface area contributed by atoms with Crippen LogP contribution in [0.15, 0.2) is 114 Å². The molecule has 1 heterocycles. The first kappa shape index (κ1) is 26.1. The number of nitrogens with one attached hydrogen (secondary N) is 1. The first-order chi connectivity index (χ1) is 19.7. The quantitative estimate of drug-likeness (QED) is 0.134. The van der Waals surface area contributed by atoms with Gasteiger partial charge in [-0.3, -0.25) is 0 Å². The van der Waals surface area contributed by atoms with E-state index in [4.69, 9.17) is 20.3 Å². The van der Waals surface area contributed by atoms with Gasteiger partial charge in [0.2, 0.25) is 0 Å². The minimum Gasteiger partial charge on any atom is -0.456 e. The van der Waals surface area contributed by atoms with Crippen LogP contribution >= 0.6 is 0 Å². The molecule has 5 heteroatoms. The van der Waals surface area contributed by atoms with E-state index in [0.717, 1.165) is 44.3 Å². The Morgan fingerprint density at radius 2 is 1.41 bits per heavy atom. The molecule has 0 amide bonds. The summed E-state index contributed by atoms with van der Waals surface area (Å²) in [5, 5.41) is 9.38. The summed E-state index contributed by atoms with van der Waals surface area (Å²) in [6, 6.07) is 35.0. The van der Waals surface area contributed by atoms with Gasteiger partial charge in [-0.1, -0.05) is 60.7 Å². The van der Waals surface area contributed by atoms with E-state index in [0.29, 0.717) is 28.0 Å². The SMILES string of the molecule is CC(C)(C)OC(=O)c1cc(-c2ccccc2)cc(-c2ccccc2)c1-c1c2ccc(=N)cc-2oc2cc(N)ccc12. The molecule has 0 unspecified atom stereocenters. The Labute approximate surface area is 238 Å². The molecular formula is C36H30N2O3. The van der Waals surface area contributed by atoms with E-state index < -0.39 is 11.6 Å². The van der Waals surface area contributed by atoms with Crippen molar-refractivity contribution in [3.05, 3.63) is 120 Å². The number of anilines is 1. The minimum atomic E-state index is -0.700. The van der Waals surface area contributed by atoms with Gasteiger partial charge in [-0.2, -0.15) is 0 Å². The van der Waals surface area contributed by atoms with Gasteiger partial charge in [0.25, 0.3) is 0 Å². The zero-order chi connectivity index (χ0) is 28.7. The minimum absolute atomic E-state index is 0.325. The molecule has 0 bridgehead atoms. The van der Waals surface area contributed by atoms with E-state index in [1.54, 1.807) is 18.2 Å². The first-order valence-electron chi connectivity index (χ1n) is 13.5. The third-order valence-corrected chi connectivity index (χ3v) is 6.94. The molecule has 5 nitrogen and oxygen atoms in total. The monoisotopic (exact) mass is 538 g/mol. The van der Waals surface area contributed by atoms with E-state index in [-0.39, 0.29) is 0 Å². The molecule has 6 rings (SSSR count). The molecule has 0 fully saturated rings. The Hall–Kier alpha value is -5.16. The first-order valence-corrected chi connectivity index (χ1v) is 13.5. The fraction of sp³-hybridized carbons (Fsp3) is 0.111. The molecule has 0 spiro atoms. The Bertz CT molecular complexity index is 1930. The molecule has 0 saturated carbocycles. The molecule has 4 aromatic rings. The number of carbonyl (C=O) groups is 1. The maximum absolute atomic E-state index is 14.1. The number of nitrogen functional groups attached to an aromatic ring is 1. The lowest BCUT2D eigenvalue weighted by atomic mass is 9.83. The Balaban J connectivity index is 1.81. The topological polar surface area (TPSA) is 89.3 Å². The van der Waals surface area contributed by atoms with Crippen LogP contribution in [-0.4, -0.2) is 11.6 Å². The molecule has 41 heavy (non-hydrogen) atoms. The molecule has 2 aliphatic rings. The van der Waals surface area contributed by atoms with Gasteiger partial charge in [0, 0.05) is 39.9 Å². The summed E-state index contributed by atoms with van der Waals surface area (Å²) < 4.78 is 12.3. The summed E-state index contributed by atoms with van der Waals surface area (Å²) >= 11 is 0. The number of nitrogens with two attached hydrogens (primary N) is 1. The van der Waals surface area contributed by atoms with Crippen LogP contribution in [0.5, 0.6) is 0 Å². The van der Waals surface area contributed by atoms with Crippen molar-refractivity contribution in [3.63, 3.8) is 0 Å². The number of hydrogen-bond donors (Lipinski definition) is 2. The second kappa shape index (κ2) is 10.1. The zero-order valence-electron chi connectivity index (χ0n) is 23.2. The van der Waals surface area contributed by atoms with Crippen LogP contribution in [0.3, 0.4) is 0 Å². The maximum atomic E-state index is 14.1. The van der Waals surface area contributed by atoms with Gasteiger partial charge in [-0.25, -0.2) is 4.79 Å². The van der Waals surface area contributed by atoms with Crippen molar-refractivity contribution >= 4 is 22.6 Å². The predicted octanol–water partition coefficient (Wildman–Crippen LogP) is 8.56. The van der Waals surface area contributed by atoms with E-state index >= 15 is 0 Å². The van der Waals surface area contributed by atoms with E-state index in [2.05, 4.69) is 6.07 Å². The molecule has 1 aliphatic carbocycles. The molecule has 202 valence electrons. The van der Waals surface area contributed by atoms with Gasteiger partial charge in [-0.15, -0.1) is 0 Å². The van der Waals surface area contributed by atoms with E-state index in [9.17, 15) is 4.79 Å². The van der Waals surface area contributed by atoms with Crippen LogP contribution in [0.1, 0.15) is 31.1 Å². The summed E-state index contributed by atoms with van der Waals surface area (Å²) in [6.07, 6.45) is 0. The summed E-state index contributed by atoms with van der Waals surface area (Å²) in [5.74, 6) is 0.115. The van der Waals surface area contributed by atoms with Crippen molar-refractivity contribution in [2.24, 2.45) is 0 Å². The zero-order valence-corrected chi connectivity index (χ0v) is 23.2. The molecule has 0 aromatic heterocycles. The van der Waals surface area contributed by atoms with Crippen LogP contribution < -0.4 is 11.1 Å². The molecule has 1 aliphatic heterocycles. The van der Waals surface area contributed by atoms with Gasteiger partial charge >= 0.3 is 5.97 Å². The smallest absolute Gasteiger partial charge is 0.339 e. The molecule has 4 aromatic carbocycles. The maximum Gasteiger partial charge on any atom is 0.339 e. The highest BCUT2D eigenvalue weighted by Gasteiger charge is 2.28. The number of benzene rings is 5. The van der Waals surface area contributed by atoms with Crippen molar-refractivity contribution in [1.29, 1.82) is 5.41 Å². The fourth-order valence-corrected chi connectivity index (χ4v) is 5.22. The summed E-state index contributed by atoms with van der Waals surface area (Å²) in [5.41, 5.74) is 13.1. The lowest BCUT2D eigenvalue weighted by Crippen LogP contribution is -2.24. The van der Waals surface area contributed by atoms with Crippen LogP contribution in [-0.2, 0) is 4.74 Å². The number of hydrogen-bond acceptors (Lipinski definition) is 5. The number of carbonyl (C=O) groups excluding carboxylic acids is 1. The van der Waals surface area contributed by atoms with Gasteiger partial charge in [0.15, 0.2) is 0 Å². The average molecular weight is 539 g/mol. The molecule has 0 radical (unpaired) electrons. The normalized spacial score (nSPS) is 11.6. The predicted molar refractivity (Wildman–Crippen MR) is 165 cm³/mol. The standard InChI is InChI=1S/C36H30N2O3/c1-36(2,3)41-35(39)30-19-24(22-10-6-4-7-11-22)18-29(23-12-8-5-9-13-23)34(30)33-27-16-14-25(37)20-31(27)40-32-21-26(38)15-17-28(32)33/h4-21,37H,38H2,1-3H3. The van der Waals surface area contributed by atoms with Gasteiger partial charge in [-0.05, 0) is 79.4 Å². The van der Waals surface area contributed by atoms with E-state index in [1.165, 1.54) is 0 Å². The van der Waals surface area contributed by atoms with Crippen LogP contribution in [0.4, 0.5) is 5.69 Å². The lowest BCUT2D eigenvalue weighted by molar-refractivity contribution is 0.00705. The van der Waals surface area contributed by atoms with Gasteiger partial charge < -0.3 is 20.3 Å². The Morgan fingerprint density at radius 3 is 2.10 bits per heavy atom. The number of rotatable bonds is 4. The van der Waals surface area contributed by atoms with Gasteiger partial charge in [0.05, 0.1) is 10.9 Å². The summed E-state index contributed by atoms with van der Waals surface area (Å²) in [6.45, 7) is 5.61. The van der Waals surface area contributed by atoms with Crippen molar-refractivity contribution in [2.75, 3.05) is 5.73 Å². The van der Waals surface area contributed by atoms with Crippen molar-refractivity contribution in [2.45, 2.75) is 26.4 Å². The second-order valence-electron chi connectivity index (χ2n) is 11.1.